The molecule has 0 aliphatic rings. The van der Waals surface area contributed by atoms with Crippen molar-refractivity contribution in [2.45, 2.75) is 98.1 Å². The molecule has 1 rings (SSSR count). The fourth-order valence-electron chi connectivity index (χ4n) is 2.49. The van der Waals surface area contributed by atoms with Crippen LogP contribution in [0.1, 0.15) is 92.9 Å². The Morgan fingerprint density at radius 3 is 1.39 bits per heavy atom. The molecule has 0 aliphatic carbocycles. The Morgan fingerprint density at radius 1 is 0.739 bits per heavy atom. The molecule has 1 aromatic rings. The molecule has 0 saturated heterocycles. The van der Waals surface area contributed by atoms with Gasteiger partial charge < -0.3 is 0 Å². The first kappa shape index (κ1) is 20.4. The predicted octanol–water partition coefficient (Wildman–Crippen LogP) is 7.75. The summed E-state index contributed by atoms with van der Waals surface area (Å²) in [6.45, 7) is 25.1. The van der Waals surface area contributed by atoms with E-state index in [1.54, 1.807) is 0 Å². The van der Waals surface area contributed by atoms with Gasteiger partial charge in [0.2, 0.25) is 0 Å². The monoisotopic (exact) mass is 333 g/mol. The van der Waals surface area contributed by atoms with E-state index < -0.39 is 0 Å². The first-order valence-corrected chi connectivity index (χ1v) is 9.66. The van der Waals surface area contributed by atoms with Crippen LogP contribution in [0.4, 0.5) is 5.69 Å². The molecule has 0 spiro atoms. The third-order valence-electron chi connectivity index (χ3n) is 3.98. The zero-order valence-electron chi connectivity index (χ0n) is 17.1. The van der Waals surface area contributed by atoms with Crippen molar-refractivity contribution in [3.63, 3.8) is 0 Å². The lowest BCUT2D eigenvalue weighted by Gasteiger charge is -2.32. The molecule has 130 valence electrons. The summed E-state index contributed by atoms with van der Waals surface area (Å²) in [6, 6.07) is 4.79. The van der Waals surface area contributed by atoms with E-state index in [1.165, 1.54) is 22.4 Å². The molecule has 0 N–H and O–H groups in total. The van der Waals surface area contributed by atoms with E-state index in [9.17, 15) is 0 Å². The SMILES string of the molecule is CC(C)P=Nc1c(C(C)(C)C)cc(C(C)(C)C)cc1C(C)(C)C. The highest BCUT2D eigenvalue weighted by Gasteiger charge is 2.28. The maximum atomic E-state index is 5.03. The smallest absolute Gasteiger partial charge is 0.0750 e. The Morgan fingerprint density at radius 2 is 1.13 bits per heavy atom. The summed E-state index contributed by atoms with van der Waals surface area (Å²) < 4.78 is 5.03. The molecule has 0 radical (unpaired) electrons. The highest BCUT2D eigenvalue weighted by atomic mass is 31.1. The summed E-state index contributed by atoms with van der Waals surface area (Å²) >= 11 is 0. The molecule has 0 atom stereocenters. The van der Waals surface area contributed by atoms with Crippen LogP contribution in [0.3, 0.4) is 0 Å². The van der Waals surface area contributed by atoms with Crippen molar-refractivity contribution in [3.05, 3.63) is 28.8 Å². The number of nitrogens with zero attached hydrogens (tertiary/aromatic N) is 1. The van der Waals surface area contributed by atoms with Crippen LogP contribution in [0.25, 0.3) is 0 Å². The maximum absolute atomic E-state index is 5.03. The molecular weight excluding hydrogens is 297 g/mol. The molecule has 0 amide bonds. The molecule has 0 fully saturated rings. The van der Waals surface area contributed by atoms with Gasteiger partial charge in [-0.2, -0.15) is 0 Å². The third kappa shape index (κ3) is 5.42. The molecule has 0 aromatic heterocycles. The third-order valence-corrected chi connectivity index (χ3v) is 4.76. The van der Waals surface area contributed by atoms with Gasteiger partial charge in [0.05, 0.1) is 5.69 Å². The van der Waals surface area contributed by atoms with Crippen LogP contribution in [-0.2, 0) is 16.2 Å². The highest BCUT2D eigenvalue weighted by Crippen LogP contribution is 2.44. The lowest BCUT2D eigenvalue weighted by Crippen LogP contribution is -2.21. The molecule has 23 heavy (non-hydrogen) atoms. The highest BCUT2D eigenvalue weighted by molar-refractivity contribution is 7.27. The van der Waals surface area contributed by atoms with E-state index in [1.807, 2.05) is 0 Å². The summed E-state index contributed by atoms with van der Waals surface area (Å²) in [6.07, 6.45) is 0. The van der Waals surface area contributed by atoms with Gasteiger partial charge in [0.25, 0.3) is 0 Å². The molecule has 1 nitrogen and oxygen atoms in total. The Bertz CT molecular complexity index is 540. The van der Waals surface area contributed by atoms with Crippen molar-refractivity contribution in [1.82, 2.24) is 0 Å². The van der Waals surface area contributed by atoms with E-state index in [4.69, 9.17) is 4.74 Å². The molecule has 0 saturated carbocycles. The van der Waals surface area contributed by atoms with E-state index in [0.29, 0.717) is 5.66 Å². The van der Waals surface area contributed by atoms with E-state index in [0.717, 1.165) is 8.37 Å². The van der Waals surface area contributed by atoms with Crippen molar-refractivity contribution >= 4 is 14.1 Å². The van der Waals surface area contributed by atoms with Crippen molar-refractivity contribution in [3.8, 4) is 0 Å². The van der Waals surface area contributed by atoms with Gasteiger partial charge in [0.15, 0.2) is 0 Å². The fraction of sp³-hybridized carbons (Fsp3) is 0.714. The van der Waals surface area contributed by atoms with Crippen LogP contribution in [0.15, 0.2) is 16.9 Å². The van der Waals surface area contributed by atoms with Crippen LogP contribution in [-0.4, -0.2) is 5.66 Å². The number of benzene rings is 1. The number of hydrogen-bond donors (Lipinski definition) is 0. The average Bonchev–Trinajstić information content (AvgIpc) is 2.31. The molecule has 2 heteroatoms. The van der Waals surface area contributed by atoms with Gasteiger partial charge in [-0.3, -0.25) is 0 Å². The minimum absolute atomic E-state index is 0.0899. The molecule has 1 aromatic carbocycles. The van der Waals surface area contributed by atoms with Crippen molar-refractivity contribution in [2.75, 3.05) is 0 Å². The van der Waals surface area contributed by atoms with E-state index in [-0.39, 0.29) is 16.2 Å². The second-order valence-electron chi connectivity index (χ2n) is 9.98. The molecule has 0 unspecified atom stereocenters. The zero-order valence-corrected chi connectivity index (χ0v) is 18.0. The predicted molar refractivity (Wildman–Crippen MR) is 107 cm³/mol. The molecule has 0 heterocycles. The first-order valence-electron chi connectivity index (χ1n) is 8.74. The molecule has 0 bridgehead atoms. The van der Waals surface area contributed by atoms with Gasteiger partial charge in [0, 0.05) is 14.0 Å². The van der Waals surface area contributed by atoms with Crippen LogP contribution in [0, 0.1) is 0 Å². The summed E-state index contributed by atoms with van der Waals surface area (Å²) in [7, 11) is 1.15. The first-order chi connectivity index (χ1) is 10.1. The van der Waals surface area contributed by atoms with Gasteiger partial charge in [-0.25, -0.2) is 4.74 Å². The minimum Gasteiger partial charge on any atom is -0.232 e. The van der Waals surface area contributed by atoms with E-state index >= 15 is 0 Å². The van der Waals surface area contributed by atoms with Gasteiger partial charge in [-0.05, 0) is 32.9 Å². The van der Waals surface area contributed by atoms with Crippen molar-refractivity contribution < 1.29 is 0 Å². The maximum Gasteiger partial charge on any atom is 0.0750 e. The summed E-state index contributed by atoms with van der Waals surface area (Å²) in [5.74, 6) is 0. The van der Waals surface area contributed by atoms with Gasteiger partial charge >= 0.3 is 0 Å². The van der Waals surface area contributed by atoms with Gasteiger partial charge in [-0.1, -0.05) is 88.3 Å². The number of hydrogen-bond acceptors (Lipinski definition) is 1. The van der Waals surface area contributed by atoms with E-state index in [2.05, 4.69) is 88.3 Å². The normalized spacial score (nSPS) is 14.1. The average molecular weight is 334 g/mol. The Hall–Kier alpha value is -0.680. The topological polar surface area (TPSA) is 12.4 Å². The van der Waals surface area contributed by atoms with Crippen LogP contribution < -0.4 is 0 Å². The lowest BCUT2D eigenvalue weighted by atomic mass is 9.74. The largest absolute Gasteiger partial charge is 0.232 e. The Kier molecular flexibility index (Phi) is 5.91. The van der Waals surface area contributed by atoms with Crippen LogP contribution >= 0.6 is 8.37 Å². The molecule has 0 aliphatic heterocycles. The quantitative estimate of drug-likeness (QED) is 0.491. The number of rotatable bonds is 2. The Balaban J connectivity index is 3.82. The lowest BCUT2D eigenvalue weighted by molar-refractivity contribution is 0.550. The summed E-state index contributed by atoms with van der Waals surface area (Å²) in [4.78, 5) is 0. The molecular formula is C21H36NP. The summed E-state index contributed by atoms with van der Waals surface area (Å²) in [5.41, 5.74) is 6.26. The van der Waals surface area contributed by atoms with Crippen molar-refractivity contribution in [2.24, 2.45) is 4.74 Å². The standard InChI is InChI=1S/C21H36NP/c1-14(2)23-22-18-16(20(6,7)8)12-15(19(3,4)5)13-17(18)21(9,10)11/h12-14H,1-11H3. The van der Waals surface area contributed by atoms with Crippen molar-refractivity contribution in [1.29, 1.82) is 0 Å². The summed E-state index contributed by atoms with van der Waals surface area (Å²) in [5, 5.41) is 0. The van der Waals surface area contributed by atoms with Crippen LogP contribution in [0.2, 0.25) is 0 Å². The van der Waals surface area contributed by atoms with Gasteiger partial charge in [0.1, 0.15) is 0 Å². The second kappa shape index (κ2) is 6.67. The second-order valence-corrected chi connectivity index (χ2v) is 11.4. The minimum atomic E-state index is 0.0899. The Labute approximate surface area is 146 Å². The van der Waals surface area contributed by atoms with Gasteiger partial charge in [-0.15, -0.1) is 0 Å². The van der Waals surface area contributed by atoms with Crippen LogP contribution in [0.5, 0.6) is 0 Å². The zero-order chi connectivity index (χ0) is 18.2. The fourth-order valence-corrected chi connectivity index (χ4v) is 3.05.